The molecule has 2 rings (SSSR count). The Morgan fingerprint density at radius 1 is 1.48 bits per heavy atom. The quantitative estimate of drug-likeness (QED) is 0.787. The van der Waals surface area contributed by atoms with Crippen molar-refractivity contribution in [1.29, 1.82) is 0 Å². The molecule has 0 aliphatic rings. The van der Waals surface area contributed by atoms with Crippen LogP contribution in [-0.4, -0.2) is 11.2 Å². The molecule has 2 aromatic rings. The number of hydrogen-bond donors (Lipinski definition) is 2. The number of benzene rings is 1. The van der Waals surface area contributed by atoms with Gasteiger partial charge in [-0.2, -0.15) is 0 Å². The van der Waals surface area contributed by atoms with E-state index in [1.807, 2.05) is 19.1 Å². The highest BCUT2D eigenvalue weighted by molar-refractivity contribution is 7.99. The smallest absolute Gasteiger partial charge is 0.237 e. The molecule has 4 nitrogen and oxygen atoms in total. The van der Waals surface area contributed by atoms with Gasteiger partial charge in [0.25, 0.3) is 0 Å². The Morgan fingerprint density at radius 2 is 2.24 bits per heavy atom. The summed E-state index contributed by atoms with van der Waals surface area (Å²) in [6.07, 6.45) is 1.61. The van der Waals surface area contributed by atoms with Gasteiger partial charge < -0.3 is 15.5 Å². The molecule has 0 saturated carbocycles. The van der Waals surface area contributed by atoms with E-state index in [2.05, 4.69) is 5.32 Å². The van der Waals surface area contributed by atoms with Gasteiger partial charge in [0, 0.05) is 5.02 Å². The molecule has 1 aromatic heterocycles. The van der Waals surface area contributed by atoms with Gasteiger partial charge in [-0.1, -0.05) is 23.2 Å². The van der Waals surface area contributed by atoms with Gasteiger partial charge in [0.15, 0.2) is 0 Å². The molecule has 21 heavy (non-hydrogen) atoms. The first kappa shape index (κ1) is 16.1. The lowest BCUT2D eigenvalue weighted by molar-refractivity contribution is -0.115. The predicted octanol–water partition coefficient (Wildman–Crippen LogP) is 4.43. The van der Waals surface area contributed by atoms with Gasteiger partial charge in [-0.05, 0) is 31.2 Å². The molecule has 1 heterocycles. The number of amides is 1. The molecule has 0 aliphatic heterocycles. The monoisotopic (exact) mass is 344 g/mol. The lowest BCUT2D eigenvalue weighted by Gasteiger charge is -2.14. The standard InChI is InChI=1S/C14H14Cl2N2O2S/c1-8(21-7-10-3-2-4-20-10)14(19)18-13-11(16)5-9(15)6-12(13)17/h2-6,8H,7,17H2,1H3,(H,18,19). The van der Waals surface area contributed by atoms with Crippen molar-refractivity contribution in [2.75, 3.05) is 11.1 Å². The number of rotatable bonds is 5. The first-order valence-corrected chi connectivity index (χ1v) is 7.97. The maximum absolute atomic E-state index is 12.2. The van der Waals surface area contributed by atoms with Crippen molar-refractivity contribution in [3.05, 3.63) is 46.3 Å². The maximum atomic E-state index is 12.2. The van der Waals surface area contributed by atoms with Gasteiger partial charge in [0.05, 0.1) is 33.7 Å². The first-order chi connectivity index (χ1) is 9.97. The van der Waals surface area contributed by atoms with Gasteiger partial charge in [0.2, 0.25) is 5.91 Å². The second kappa shape index (κ2) is 7.11. The summed E-state index contributed by atoms with van der Waals surface area (Å²) in [7, 11) is 0. The van der Waals surface area contributed by atoms with Crippen LogP contribution in [0, 0.1) is 0 Å². The molecule has 112 valence electrons. The van der Waals surface area contributed by atoms with E-state index in [0.29, 0.717) is 27.2 Å². The molecule has 0 fully saturated rings. The van der Waals surface area contributed by atoms with Crippen molar-refractivity contribution in [3.63, 3.8) is 0 Å². The SMILES string of the molecule is CC(SCc1ccco1)C(=O)Nc1c(N)cc(Cl)cc1Cl. The van der Waals surface area contributed by atoms with Crippen molar-refractivity contribution in [3.8, 4) is 0 Å². The zero-order valence-electron chi connectivity index (χ0n) is 11.2. The fraction of sp³-hybridized carbons (Fsp3) is 0.214. The molecular formula is C14H14Cl2N2O2S. The van der Waals surface area contributed by atoms with Crippen molar-refractivity contribution in [2.45, 2.75) is 17.9 Å². The van der Waals surface area contributed by atoms with E-state index >= 15 is 0 Å². The van der Waals surface area contributed by atoms with Crippen molar-refractivity contribution < 1.29 is 9.21 Å². The van der Waals surface area contributed by atoms with Crippen LogP contribution < -0.4 is 11.1 Å². The molecule has 1 unspecified atom stereocenters. The van der Waals surface area contributed by atoms with Crippen LogP contribution in [0.25, 0.3) is 0 Å². The van der Waals surface area contributed by atoms with Gasteiger partial charge >= 0.3 is 0 Å². The van der Waals surface area contributed by atoms with Crippen LogP contribution in [0.1, 0.15) is 12.7 Å². The summed E-state index contributed by atoms with van der Waals surface area (Å²) >= 11 is 13.3. The number of hydrogen-bond acceptors (Lipinski definition) is 4. The average Bonchev–Trinajstić information content (AvgIpc) is 2.93. The molecular weight excluding hydrogens is 331 g/mol. The van der Waals surface area contributed by atoms with Gasteiger partial charge in [-0.25, -0.2) is 0 Å². The highest BCUT2D eigenvalue weighted by atomic mass is 35.5. The second-order valence-electron chi connectivity index (χ2n) is 4.37. The molecule has 0 spiro atoms. The predicted molar refractivity (Wildman–Crippen MR) is 89.0 cm³/mol. The number of thioether (sulfide) groups is 1. The maximum Gasteiger partial charge on any atom is 0.237 e. The molecule has 1 aromatic carbocycles. The largest absolute Gasteiger partial charge is 0.468 e. The summed E-state index contributed by atoms with van der Waals surface area (Å²) in [5, 5.41) is 3.20. The summed E-state index contributed by atoms with van der Waals surface area (Å²) < 4.78 is 5.23. The highest BCUT2D eigenvalue weighted by Gasteiger charge is 2.17. The van der Waals surface area contributed by atoms with E-state index in [1.165, 1.54) is 17.8 Å². The lowest BCUT2D eigenvalue weighted by Crippen LogP contribution is -2.23. The molecule has 0 bridgehead atoms. The van der Waals surface area contributed by atoms with Crippen molar-refractivity contribution >= 4 is 52.2 Å². The molecule has 1 atom stereocenters. The molecule has 0 saturated heterocycles. The summed E-state index contributed by atoms with van der Waals surface area (Å²) in [5.41, 5.74) is 6.54. The minimum atomic E-state index is -0.277. The number of anilines is 2. The fourth-order valence-corrected chi connectivity index (χ4v) is 2.97. The second-order valence-corrected chi connectivity index (χ2v) is 6.55. The summed E-state index contributed by atoms with van der Waals surface area (Å²) in [5.74, 6) is 1.26. The zero-order valence-corrected chi connectivity index (χ0v) is 13.6. The first-order valence-electron chi connectivity index (χ1n) is 6.16. The van der Waals surface area contributed by atoms with E-state index in [9.17, 15) is 4.79 Å². The average molecular weight is 345 g/mol. The van der Waals surface area contributed by atoms with Crippen LogP contribution in [-0.2, 0) is 10.5 Å². The van der Waals surface area contributed by atoms with Crippen LogP contribution in [0.15, 0.2) is 34.9 Å². The summed E-state index contributed by atoms with van der Waals surface area (Å²) in [6, 6.07) is 6.76. The Labute approximate surface area is 137 Å². The Kier molecular flexibility index (Phi) is 5.45. The molecule has 0 radical (unpaired) electrons. The number of halogens is 2. The Hall–Kier alpha value is -1.30. The van der Waals surface area contributed by atoms with Gasteiger partial charge in [-0.15, -0.1) is 11.8 Å². The number of nitrogens with one attached hydrogen (secondary N) is 1. The van der Waals surface area contributed by atoms with Crippen molar-refractivity contribution in [1.82, 2.24) is 0 Å². The van der Waals surface area contributed by atoms with E-state index < -0.39 is 0 Å². The van der Waals surface area contributed by atoms with Crippen LogP contribution in [0.4, 0.5) is 11.4 Å². The van der Waals surface area contributed by atoms with Gasteiger partial charge in [-0.3, -0.25) is 4.79 Å². The van der Waals surface area contributed by atoms with Crippen molar-refractivity contribution in [2.24, 2.45) is 0 Å². The van der Waals surface area contributed by atoms with E-state index in [1.54, 1.807) is 12.3 Å². The minimum Gasteiger partial charge on any atom is -0.468 e. The molecule has 0 aliphatic carbocycles. The summed E-state index contributed by atoms with van der Waals surface area (Å²) in [6.45, 7) is 1.81. The van der Waals surface area contributed by atoms with Crippen LogP contribution in [0.5, 0.6) is 0 Å². The number of nitrogen functional groups attached to an aromatic ring is 1. The number of carbonyl (C=O) groups is 1. The third-order valence-corrected chi connectivity index (χ3v) is 4.44. The summed E-state index contributed by atoms with van der Waals surface area (Å²) in [4.78, 5) is 12.2. The molecule has 3 N–H and O–H groups in total. The number of nitrogens with two attached hydrogens (primary N) is 1. The topological polar surface area (TPSA) is 68.3 Å². The third kappa shape index (κ3) is 4.33. The highest BCUT2D eigenvalue weighted by Crippen LogP contribution is 2.32. The Morgan fingerprint density at radius 3 is 2.86 bits per heavy atom. The Bertz CT molecular complexity index is 609. The van der Waals surface area contributed by atoms with E-state index in [-0.39, 0.29) is 11.2 Å². The zero-order chi connectivity index (χ0) is 15.4. The van der Waals surface area contributed by atoms with Crippen LogP contribution in [0.2, 0.25) is 10.0 Å². The third-order valence-electron chi connectivity index (χ3n) is 2.76. The van der Waals surface area contributed by atoms with E-state index in [4.69, 9.17) is 33.4 Å². The van der Waals surface area contributed by atoms with Crippen LogP contribution >= 0.6 is 35.0 Å². The molecule has 1 amide bonds. The molecule has 7 heteroatoms. The number of carbonyl (C=O) groups excluding carboxylic acids is 1. The lowest BCUT2D eigenvalue weighted by atomic mass is 10.2. The number of furan rings is 1. The fourth-order valence-electron chi connectivity index (χ4n) is 1.63. The normalized spacial score (nSPS) is 12.1. The van der Waals surface area contributed by atoms with Gasteiger partial charge in [0.1, 0.15) is 5.76 Å². The minimum absolute atomic E-state index is 0.178. The Balaban J connectivity index is 1.97. The van der Waals surface area contributed by atoms with E-state index in [0.717, 1.165) is 5.76 Å². The van der Waals surface area contributed by atoms with Crippen LogP contribution in [0.3, 0.4) is 0 Å².